The highest BCUT2D eigenvalue weighted by Gasteiger charge is 2.23. The van der Waals surface area contributed by atoms with Crippen LogP contribution in [0.5, 0.6) is 33.4 Å². The summed E-state index contributed by atoms with van der Waals surface area (Å²) in [4.78, 5) is 22.8. The number of nitrogens with zero attached hydrogens (tertiary/aromatic N) is 9. The fourth-order valence-corrected chi connectivity index (χ4v) is 11.3. The lowest BCUT2D eigenvalue weighted by Gasteiger charge is -2.25. The maximum Gasteiger partial charge on any atom is 0.294 e. The highest BCUT2D eigenvalue weighted by Crippen LogP contribution is 2.41. The van der Waals surface area contributed by atoms with Crippen molar-refractivity contribution in [1.82, 2.24) is 39.2 Å². The molecule has 1 aliphatic heterocycles. The van der Waals surface area contributed by atoms with Gasteiger partial charge in [0.05, 0.1) is 63.4 Å². The van der Waals surface area contributed by atoms with Gasteiger partial charge in [-0.05, 0) is 53.4 Å². The second-order valence-corrected chi connectivity index (χ2v) is 20.1. The molecule has 11 aromatic rings. The first kappa shape index (κ1) is 44.3. The van der Waals surface area contributed by atoms with Crippen LogP contribution in [0, 0.1) is 0 Å². The second kappa shape index (κ2) is 18.4. The third-order valence-electron chi connectivity index (χ3n) is 11.4. The Bertz CT molecular complexity index is 3630. The van der Waals surface area contributed by atoms with Gasteiger partial charge in [0.2, 0.25) is 9.92 Å². The van der Waals surface area contributed by atoms with E-state index in [1.807, 2.05) is 73.1 Å². The molecule has 0 N–H and O–H groups in total. The summed E-state index contributed by atoms with van der Waals surface area (Å²) >= 11 is 12.3. The maximum absolute atomic E-state index is 6.61. The van der Waals surface area contributed by atoms with Crippen molar-refractivity contribution in [3.05, 3.63) is 99.7 Å². The van der Waals surface area contributed by atoms with Crippen molar-refractivity contribution in [2.45, 2.75) is 26.2 Å². The monoisotopic (exact) mass is 1040 g/mol. The van der Waals surface area contributed by atoms with Crippen molar-refractivity contribution in [2.24, 2.45) is 0 Å². The summed E-state index contributed by atoms with van der Waals surface area (Å²) in [5.41, 5.74) is 5.80. The number of ether oxygens (including phenoxy) is 7. The molecule has 3 aromatic carbocycles. The Morgan fingerprint density at radius 3 is 2.07 bits per heavy atom. The SMILES string of the molecule is COc1cc(OCc2nc(N3CCOCC3)sc2Cl)c2cc(-c3cn4nc(OCc5cccc(-c6nc(C(C)Oc7cc(OC)cc8oc(-c9cn%10nc(OC)sc%10n9)cc78)cs6)c5)sc4n3)oc2c1. The first-order valence-electron chi connectivity index (χ1n) is 21.7. The summed E-state index contributed by atoms with van der Waals surface area (Å²) in [5, 5.41) is 15.3. The van der Waals surface area contributed by atoms with E-state index in [9.17, 15) is 0 Å². The van der Waals surface area contributed by atoms with Gasteiger partial charge < -0.3 is 46.9 Å². The van der Waals surface area contributed by atoms with Crippen LogP contribution in [0.1, 0.15) is 30.0 Å². The number of fused-ring (bicyclic) bond motifs is 4. The molecule has 9 heterocycles. The van der Waals surface area contributed by atoms with E-state index in [1.54, 1.807) is 47.9 Å². The van der Waals surface area contributed by atoms with Crippen LogP contribution in [-0.2, 0) is 18.0 Å². The third-order valence-corrected chi connectivity index (χ3v) is 15.4. The van der Waals surface area contributed by atoms with Crippen LogP contribution in [0.3, 0.4) is 0 Å². The van der Waals surface area contributed by atoms with Gasteiger partial charge >= 0.3 is 0 Å². The standard InChI is InChI=1S/C47H38ClN9O9S4/c1-24(64-36-14-28(59-3)16-38-30(36)18-40(66-38)31-19-56-44(50-31)69-46(53-56)60-4)34-23-67-42(49-34)26-7-5-6-25(12-26)21-63-47-54-57-20-32(51-45(57)70-47)39-17-29-35(13-27(58-2)15-37(29)65-39)62-22-33-41(48)68-43(52-33)55-8-10-61-11-9-55/h5-7,12-20,23-24H,8-11,21-22H2,1-4H3. The molecule has 23 heteroatoms. The van der Waals surface area contributed by atoms with E-state index >= 15 is 0 Å². The summed E-state index contributed by atoms with van der Waals surface area (Å²) in [6, 6.07) is 19.2. The van der Waals surface area contributed by atoms with Gasteiger partial charge in [-0.1, -0.05) is 41.1 Å². The number of furan rings is 2. The molecule has 18 nitrogen and oxygen atoms in total. The Labute approximate surface area is 418 Å². The number of morpholine rings is 1. The zero-order valence-electron chi connectivity index (χ0n) is 37.5. The molecule has 8 aromatic heterocycles. The normalized spacial score (nSPS) is 13.5. The number of hydrogen-bond acceptors (Lipinski definition) is 20. The molecule has 1 aliphatic rings. The second-order valence-electron chi connectivity index (χ2n) is 15.9. The minimum Gasteiger partial charge on any atom is -0.496 e. The molecule has 12 rings (SSSR count). The predicted molar refractivity (Wildman–Crippen MR) is 267 cm³/mol. The van der Waals surface area contributed by atoms with Crippen molar-refractivity contribution in [3.63, 3.8) is 0 Å². The molecule has 0 aliphatic carbocycles. The molecule has 1 fully saturated rings. The van der Waals surface area contributed by atoms with E-state index in [0.29, 0.717) is 107 Å². The van der Waals surface area contributed by atoms with Crippen LogP contribution in [0.4, 0.5) is 5.13 Å². The Morgan fingerprint density at radius 1 is 0.714 bits per heavy atom. The number of methoxy groups -OCH3 is 3. The summed E-state index contributed by atoms with van der Waals surface area (Å²) in [7, 11) is 4.79. The van der Waals surface area contributed by atoms with Crippen LogP contribution in [0.2, 0.25) is 4.34 Å². The van der Waals surface area contributed by atoms with Gasteiger partial charge in [0, 0.05) is 48.3 Å². The highest BCUT2D eigenvalue weighted by molar-refractivity contribution is 7.19. The minimum atomic E-state index is -0.388. The van der Waals surface area contributed by atoms with Crippen LogP contribution < -0.4 is 33.3 Å². The van der Waals surface area contributed by atoms with Crippen molar-refractivity contribution in [2.75, 3.05) is 52.5 Å². The first-order chi connectivity index (χ1) is 34.2. The van der Waals surface area contributed by atoms with Crippen molar-refractivity contribution < 1.29 is 42.0 Å². The molecule has 356 valence electrons. The summed E-state index contributed by atoms with van der Waals surface area (Å²) < 4.78 is 57.4. The number of hydrogen-bond donors (Lipinski definition) is 0. The number of halogens is 1. The van der Waals surface area contributed by atoms with Crippen molar-refractivity contribution >= 4 is 93.9 Å². The van der Waals surface area contributed by atoms with Gasteiger partial charge in [0.1, 0.15) is 79.9 Å². The molecular weight excluding hydrogens is 998 g/mol. The van der Waals surface area contributed by atoms with Gasteiger partial charge in [-0.3, -0.25) is 0 Å². The molecule has 1 saturated heterocycles. The molecular formula is C47H38ClN9O9S4. The molecule has 70 heavy (non-hydrogen) atoms. The number of anilines is 1. The molecule has 0 radical (unpaired) electrons. The molecule has 1 unspecified atom stereocenters. The quantitative estimate of drug-likeness (QED) is 0.0891. The zero-order chi connectivity index (χ0) is 47.5. The smallest absolute Gasteiger partial charge is 0.294 e. The number of benzene rings is 3. The van der Waals surface area contributed by atoms with Crippen LogP contribution >= 0.6 is 56.9 Å². The lowest BCUT2D eigenvalue weighted by molar-refractivity contribution is 0.122. The largest absolute Gasteiger partial charge is 0.496 e. The van der Waals surface area contributed by atoms with Crippen LogP contribution in [0.25, 0.3) is 65.3 Å². The lowest BCUT2D eigenvalue weighted by atomic mass is 10.1. The number of thiazole rings is 2. The maximum atomic E-state index is 6.61. The molecule has 0 bridgehead atoms. The Morgan fingerprint density at radius 2 is 1.39 bits per heavy atom. The van der Waals surface area contributed by atoms with E-state index in [-0.39, 0.29) is 12.7 Å². The summed E-state index contributed by atoms with van der Waals surface area (Å²) in [6.45, 7) is 5.31. The lowest BCUT2D eigenvalue weighted by Crippen LogP contribution is -2.36. The van der Waals surface area contributed by atoms with Crippen LogP contribution in [-0.4, -0.2) is 86.8 Å². The topological polar surface area (TPSA) is 180 Å². The van der Waals surface area contributed by atoms with Crippen LogP contribution in [0.15, 0.2) is 87.3 Å². The molecule has 0 amide bonds. The highest BCUT2D eigenvalue weighted by atomic mass is 35.5. The number of aromatic nitrogens is 8. The minimum absolute atomic E-state index is 0.175. The van der Waals surface area contributed by atoms with Gasteiger partial charge in [-0.25, -0.2) is 29.0 Å². The number of imidazole rings is 2. The zero-order valence-corrected chi connectivity index (χ0v) is 41.6. The Kier molecular flexibility index (Phi) is 11.6. The average molecular weight is 1040 g/mol. The van der Waals surface area contributed by atoms with E-state index in [4.69, 9.17) is 68.5 Å². The molecule has 0 saturated carbocycles. The van der Waals surface area contributed by atoms with E-state index in [0.717, 1.165) is 50.8 Å². The fraction of sp³-hybridized carbons (Fsp3) is 0.234. The summed E-state index contributed by atoms with van der Waals surface area (Å²) in [5.74, 6) is 3.48. The summed E-state index contributed by atoms with van der Waals surface area (Å²) in [6.07, 6.45) is 3.22. The fourth-order valence-electron chi connectivity index (χ4n) is 7.85. The number of rotatable bonds is 16. The molecule has 1 atom stereocenters. The van der Waals surface area contributed by atoms with E-state index in [2.05, 4.69) is 26.1 Å². The van der Waals surface area contributed by atoms with Crippen molar-refractivity contribution in [3.8, 4) is 66.9 Å². The van der Waals surface area contributed by atoms with Gasteiger partial charge in [-0.2, -0.15) is 0 Å². The third kappa shape index (κ3) is 8.59. The molecule has 0 spiro atoms. The first-order valence-corrected chi connectivity index (χ1v) is 25.4. The van der Waals surface area contributed by atoms with Gasteiger partial charge in [-0.15, -0.1) is 21.5 Å². The Hall–Kier alpha value is -6.95. The average Bonchev–Trinajstić information content (AvgIpc) is 4.24. The van der Waals surface area contributed by atoms with Gasteiger partial charge in [0.15, 0.2) is 16.7 Å². The Balaban J connectivity index is 0.705. The van der Waals surface area contributed by atoms with E-state index in [1.165, 1.54) is 34.0 Å². The predicted octanol–water partition coefficient (Wildman–Crippen LogP) is 11.1. The van der Waals surface area contributed by atoms with Gasteiger partial charge in [0.25, 0.3) is 10.4 Å². The van der Waals surface area contributed by atoms with E-state index < -0.39 is 0 Å². The van der Waals surface area contributed by atoms with Crippen molar-refractivity contribution in [1.29, 1.82) is 0 Å².